The molecular weight excluding hydrogens is 344 g/mol. The number of carbonyl (C=O) groups is 2. The maximum atomic E-state index is 12.0. The van der Waals surface area contributed by atoms with Crippen molar-refractivity contribution >= 4 is 28.8 Å². The van der Waals surface area contributed by atoms with E-state index in [0.29, 0.717) is 23.6 Å². The molecule has 2 heterocycles. The minimum absolute atomic E-state index is 0.0315. The molecule has 8 heteroatoms. The molecule has 0 saturated heterocycles. The highest BCUT2D eigenvalue weighted by atomic mass is 32.1. The van der Waals surface area contributed by atoms with Crippen molar-refractivity contribution < 1.29 is 24.2 Å². The summed E-state index contributed by atoms with van der Waals surface area (Å²) < 4.78 is 10.4. The number of thiophene rings is 1. The SMILES string of the molecule is CC(O)(CNC(=O)C(=O)Nc1ccc2c(c1)OCO2)Cc1ccsc1. The summed E-state index contributed by atoms with van der Waals surface area (Å²) in [5.41, 5.74) is 0.263. The molecule has 0 bridgehead atoms. The predicted molar refractivity (Wildman–Crippen MR) is 92.9 cm³/mol. The normalized spacial score (nSPS) is 14.6. The molecule has 3 N–H and O–H groups in total. The molecule has 1 aromatic heterocycles. The highest BCUT2D eigenvalue weighted by Crippen LogP contribution is 2.34. The van der Waals surface area contributed by atoms with Crippen LogP contribution in [-0.2, 0) is 16.0 Å². The van der Waals surface area contributed by atoms with Gasteiger partial charge in [0.05, 0.1) is 5.60 Å². The molecule has 1 atom stereocenters. The van der Waals surface area contributed by atoms with E-state index in [1.807, 2.05) is 16.8 Å². The number of benzene rings is 1. The molecule has 3 rings (SSSR count). The summed E-state index contributed by atoms with van der Waals surface area (Å²) >= 11 is 1.54. The number of aliphatic hydroxyl groups is 1. The van der Waals surface area contributed by atoms with Gasteiger partial charge in [0.1, 0.15) is 0 Å². The van der Waals surface area contributed by atoms with Gasteiger partial charge in [-0.15, -0.1) is 0 Å². The van der Waals surface area contributed by atoms with Crippen molar-refractivity contribution in [2.75, 3.05) is 18.7 Å². The molecule has 0 radical (unpaired) electrons. The molecule has 0 spiro atoms. The molecule has 0 fully saturated rings. The average Bonchev–Trinajstić information content (AvgIpc) is 3.23. The Kier molecular flexibility index (Phi) is 4.91. The Morgan fingerprint density at radius 1 is 1.24 bits per heavy atom. The van der Waals surface area contributed by atoms with Gasteiger partial charge in [0, 0.05) is 24.7 Å². The first kappa shape index (κ1) is 17.2. The molecule has 7 nitrogen and oxygen atoms in total. The third kappa shape index (κ3) is 4.49. The lowest BCUT2D eigenvalue weighted by atomic mass is 9.98. The van der Waals surface area contributed by atoms with E-state index >= 15 is 0 Å². The number of anilines is 1. The van der Waals surface area contributed by atoms with E-state index in [9.17, 15) is 14.7 Å². The summed E-state index contributed by atoms with van der Waals surface area (Å²) in [7, 11) is 0. The van der Waals surface area contributed by atoms with Crippen molar-refractivity contribution in [2.45, 2.75) is 18.9 Å². The zero-order valence-corrected chi connectivity index (χ0v) is 14.4. The Morgan fingerprint density at radius 2 is 2.04 bits per heavy atom. The third-order valence-electron chi connectivity index (χ3n) is 3.63. The smallest absolute Gasteiger partial charge is 0.313 e. The summed E-state index contributed by atoms with van der Waals surface area (Å²) in [6, 6.07) is 6.76. The fraction of sp³-hybridized carbons (Fsp3) is 0.294. The number of carbonyl (C=O) groups excluding carboxylic acids is 2. The number of hydrogen-bond donors (Lipinski definition) is 3. The van der Waals surface area contributed by atoms with Crippen LogP contribution in [0.25, 0.3) is 0 Å². The number of ether oxygens (including phenoxy) is 2. The largest absolute Gasteiger partial charge is 0.454 e. The Hall–Kier alpha value is -2.58. The van der Waals surface area contributed by atoms with Gasteiger partial charge < -0.3 is 25.2 Å². The number of rotatable bonds is 5. The van der Waals surface area contributed by atoms with Gasteiger partial charge in [-0.25, -0.2) is 0 Å². The molecule has 0 aliphatic carbocycles. The molecule has 1 aliphatic rings. The van der Waals surface area contributed by atoms with Gasteiger partial charge in [0.2, 0.25) is 6.79 Å². The predicted octanol–water partition coefficient (Wildman–Crippen LogP) is 1.53. The number of fused-ring (bicyclic) bond motifs is 1. The van der Waals surface area contributed by atoms with Crippen molar-refractivity contribution in [1.29, 1.82) is 0 Å². The second-order valence-corrected chi connectivity index (χ2v) is 6.79. The van der Waals surface area contributed by atoms with E-state index in [1.165, 1.54) is 11.3 Å². The van der Waals surface area contributed by atoms with Gasteiger partial charge in [-0.3, -0.25) is 9.59 Å². The molecule has 1 aliphatic heterocycles. The fourth-order valence-corrected chi connectivity index (χ4v) is 3.08. The summed E-state index contributed by atoms with van der Waals surface area (Å²) in [6.45, 7) is 1.71. The van der Waals surface area contributed by atoms with Gasteiger partial charge >= 0.3 is 11.8 Å². The van der Waals surface area contributed by atoms with Crippen molar-refractivity contribution in [3.63, 3.8) is 0 Å². The maximum absolute atomic E-state index is 12.0. The van der Waals surface area contributed by atoms with Crippen LogP contribution >= 0.6 is 11.3 Å². The van der Waals surface area contributed by atoms with E-state index in [4.69, 9.17) is 9.47 Å². The molecule has 25 heavy (non-hydrogen) atoms. The lowest BCUT2D eigenvalue weighted by Crippen LogP contribution is -2.45. The molecule has 0 saturated carbocycles. The van der Waals surface area contributed by atoms with E-state index < -0.39 is 17.4 Å². The Bertz CT molecular complexity index is 773. The minimum atomic E-state index is -1.14. The lowest BCUT2D eigenvalue weighted by molar-refractivity contribution is -0.136. The van der Waals surface area contributed by atoms with Crippen LogP contribution in [0, 0.1) is 0 Å². The fourth-order valence-electron chi connectivity index (χ4n) is 2.41. The topological polar surface area (TPSA) is 96.9 Å². The molecule has 1 aromatic carbocycles. The van der Waals surface area contributed by atoms with E-state index in [1.54, 1.807) is 25.1 Å². The molecule has 132 valence electrons. The van der Waals surface area contributed by atoms with Crippen LogP contribution in [0.2, 0.25) is 0 Å². The molecule has 2 amide bonds. The third-order valence-corrected chi connectivity index (χ3v) is 4.36. The minimum Gasteiger partial charge on any atom is -0.454 e. The zero-order valence-electron chi connectivity index (χ0n) is 13.6. The van der Waals surface area contributed by atoms with Gasteiger partial charge in [-0.2, -0.15) is 11.3 Å². The Balaban J connectivity index is 1.51. The van der Waals surface area contributed by atoms with E-state index in [0.717, 1.165) is 5.56 Å². The second kappa shape index (κ2) is 7.12. The van der Waals surface area contributed by atoms with Crippen molar-refractivity contribution in [1.82, 2.24) is 5.32 Å². The summed E-state index contributed by atoms with van der Waals surface area (Å²) in [4.78, 5) is 23.9. The quantitative estimate of drug-likeness (QED) is 0.701. The molecule has 1 unspecified atom stereocenters. The summed E-state index contributed by atoms with van der Waals surface area (Å²) in [5, 5.41) is 19.1. The lowest BCUT2D eigenvalue weighted by Gasteiger charge is -2.23. The number of hydrogen-bond acceptors (Lipinski definition) is 6. The van der Waals surface area contributed by atoms with Crippen LogP contribution in [0.5, 0.6) is 11.5 Å². The first-order valence-corrected chi connectivity index (χ1v) is 8.59. The van der Waals surface area contributed by atoms with Gasteiger partial charge in [-0.1, -0.05) is 0 Å². The highest BCUT2D eigenvalue weighted by molar-refractivity contribution is 7.07. The highest BCUT2D eigenvalue weighted by Gasteiger charge is 2.24. The van der Waals surface area contributed by atoms with Crippen LogP contribution < -0.4 is 20.1 Å². The standard InChI is InChI=1S/C17H18N2O5S/c1-17(22,7-11-4-5-25-8-11)9-18-15(20)16(21)19-12-2-3-13-14(6-12)24-10-23-13/h2-6,8,22H,7,9-10H2,1H3,(H,18,20)(H,19,21). The second-order valence-electron chi connectivity index (χ2n) is 6.01. The van der Waals surface area contributed by atoms with Crippen molar-refractivity contribution in [3.05, 3.63) is 40.6 Å². The monoisotopic (exact) mass is 362 g/mol. The Morgan fingerprint density at radius 3 is 2.80 bits per heavy atom. The first-order valence-electron chi connectivity index (χ1n) is 7.65. The van der Waals surface area contributed by atoms with E-state index in [2.05, 4.69) is 10.6 Å². The Labute approximate surface area is 148 Å². The van der Waals surface area contributed by atoms with Crippen LogP contribution in [0.3, 0.4) is 0 Å². The summed E-state index contributed by atoms with van der Waals surface area (Å²) in [6.07, 6.45) is 0.389. The van der Waals surface area contributed by atoms with Crippen LogP contribution in [0.4, 0.5) is 5.69 Å². The van der Waals surface area contributed by atoms with Gasteiger partial charge in [-0.05, 0) is 41.4 Å². The number of nitrogens with one attached hydrogen (secondary N) is 2. The van der Waals surface area contributed by atoms with Gasteiger partial charge in [0.25, 0.3) is 0 Å². The van der Waals surface area contributed by atoms with Crippen molar-refractivity contribution in [3.8, 4) is 11.5 Å². The van der Waals surface area contributed by atoms with Crippen LogP contribution in [0.1, 0.15) is 12.5 Å². The number of amides is 2. The molecule has 2 aromatic rings. The van der Waals surface area contributed by atoms with Crippen molar-refractivity contribution in [2.24, 2.45) is 0 Å². The van der Waals surface area contributed by atoms with Gasteiger partial charge in [0.15, 0.2) is 11.5 Å². The molecular formula is C17H18N2O5S. The van der Waals surface area contributed by atoms with Crippen LogP contribution in [-0.4, -0.2) is 35.9 Å². The zero-order chi connectivity index (χ0) is 17.9. The van der Waals surface area contributed by atoms with E-state index in [-0.39, 0.29) is 13.3 Å². The first-order chi connectivity index (χ1) is 11.9. The average molecular weight is 362 g/mol. The maximum Gasteiger partial charge on any atom is 0.313 e. The summed E-state index contributed by atoms with van der Waals surface area (Å²) in [5.74, 6) is -0.530. The van der Waals surface area contributed by atoms with Crippen LogP contribution in [0.15, 0.2) is 35.0 Å².